The highest BCUT2D eigenvalue weighted by Gasteiger charge is 2.32. The second kappa shape index (κ2) is 9.30. The molecule has 0 radical (unpaired) electrons. The van der Waals surface area contributed by atoms with E-state index in [-0.39, 0.29) is 17.6 Å². The summed E-state index contributed by atoms with van der Waals surface area (Å²) in [5, 5.41) is 3.41. The summed E-state index contributed by atoms with van der Waals surface area (Å²) in [6.07, 6.45) is 0.754. The zero-order valence-corrected chi connectivity index (χ0v) is 18.3. The van der Waals surface area contributed by atoms with E-state index in [0.717, 1.165) is 24.2 Å². The van der Waals surface area contributed by atoms with Gasteiger partial charge in [-0.3, -0.25) is 9.36 Å². The minimum absolute atomic E-state index is 0.000788. The molecular weight excluding hydrogens is 412 g/mol. The maximum atomic E-state index is 13.9. The van der Waals surface area contributed by atoms with Crippen molar-refractivity contribution in [2.45, 2.75) is 12.5 Å². The summed E-state index contributed by atoms with van der Waals surface area (Å²) in [6, 6.07) is 29.2. The Bertz CT molecular complexity index is 1280. The van der Waals surface area contributed by atoms with Gasteiger partial charge in [-0.2, -0.15) is 0 Å². The maximum absolute atomic E-state index is 13.9. The number of imidazole rings is 1. The zero-order chi connectivity index (χ0) is 22.6. The third-order valence-corrected chi connectivity index (χ3v) is 6.10. The van der Waals surface area contributed by atoms with Crippen LogP contribution in [0.1, 0.15) is 16.1 Å². The smallest absolute Gasteiger partial charge is 0.331 e. The molecule has 1 amide bonds. The highest BCUT2D eigenvalue weighted by Crippen LogP contribution is 2.26. The van der Waals surface area contributed by atoms with Crippen molar-refractivity contribution in [1.29, 1.82) is 0 Å². The average molecular weight is 439 g/mol. The van der Waals surface area contributed by atoms with E-state index in [1.165, 1.54) is 5.56 Å². The normalized spacial score (nSPS) is 16.0. The largest absolute Gasteiger partial charge is 0.331 e. The van der Waals surface area contributed by atoms with Gasteiger partial charge in [0.2, 0.25) is 0 Å². The van der Waals surface area contributed by atoms with Crippen LogP contribution in [0.2, 0.25) is 0 Å². The Balaban J connectivity index is 1.58. The van der Waals surface area contributed by atoms with Crippen LogP contribution in [0.25, 0.3) is 16.9 Å². The molecule has 3 aromatic carbocycles. The van der Waals surface area contributed by atoms with Crippen molar-refractivity contribution in [3.05, 3.63) is 113 Å². The van der Waals surface area contributed by atoms with Crippen LogP contribution in [0.15, 0.2) is 95.8 Å². The molecule has 1 aliphatic heterocycles. The van der Waals surface area contributed by atoms with Crippen molar-refractivity contribution in [2.24, 2.45) is 0 Å². The first-order valence-corrected chi connectivity index (χ1v) is 11.2. The molecule has 1 aliphatic rings. The summed E-state index contributed by atoms with van der Waals surface area (Å²) >= 11 is 0. The number of hydrogen-bond donors (Lipinski definition) is 2. The SMILES string of the molecule is O=C(c1[nH]c(=O)n(-c2ccccc2)c1-c1ccccc1)N1CCNC[C@H]1Cc1ccccc1. The third-order valence-electron chi connectivity index (χ3n) is 6.10. The summed E-state index contributed by atoms with van der Waals surface area (Å²) in [5.74, 6) is -0.150. The summed E-state index contributed by atoms with van der Waals surface area (Å²) < 4.78 is 1.59. The fourth-order valence-electron chi connectivity index (χ4n) is 4.52. The van der Waals surface area contributed by atoms with Gasteiger partial charge in [0.05, 0.1) is 11.4 Å². The van der Waals surface area contributed by atoms with Crippen molar-refractivity contribution in [1.82, 2.24) is 19.8 Å². The number of rotatable bonds is 5. The quantitative estimate of drug-likeness (QED) is 0.501. The highest BCUT2D eigenvalue weighted by atomic mass is 16.2. The average Bonchev–Trinajstić information content (AvgIpc) is 3.22. The Labute approximate surface area is 192 Å². The van der Waals surface area contributed by atoms with Crippen molar-refractivity contribution in [2.75, 3.05) is 19.6 Å². The highest BCUT2D eigenvalue weighted by molar-refractivity contribution is 5.99. The predicted octanol–water partition coefficient (Wildman–Crippen LogP) is 3.49. The molecular formula is C27H26N4O2. The lowest BCUT2D eigenvalue weighted by Crippen LogP contribution is -2.54. The van der Waals surface area contributed by atoms with Gasteiger partial charge < -0.3 is 15.2 Å². The van der Waals surface area contributed by atoms with Gasteiger partial charge in [0.25, 0.3) is 5.91 Å². The Morgan fingerprint density at radius 3 is 2.21 bits per heavy atom. The number of nitrogens with zero attached hydrogens (tertiary/aromatic N) is 2. The molecule has 6 nitrogen and oxygen atoms in total. The van der Waals surface area contributed by atoms with E-state index in [1.807, 2.05) is 83.8 Å². The first-order chi connectivity index (χ1) is 16.2. The number of aromatic amines is 1. The number of carbonyl (C=O) groups excluding carboxylic acids is 1. The van der Waals surface area contributed by atoms with Crippen LogP contribution in [0, 0.1) is 0 Å². The van der Waals surface area contributed by atoms with Gasteiger partial charge in [-0.05, 0) is 24.1 Å². The van der Waals surface area contributed by atoms with Gasteiger partial charge >= 0.3 is 5.69 Å². The first-order valence-electron chi connectivity index (χ1n) is 11.2. The molecule has 2 N–H and O–H groups in total. The molecule has 0 saturated carbocycles. The van der Waals surface area contributed by atoms with E-state index in [1.54, 1.807) is 4.57 Å². The molecule has 0 unspecified atom stereocenters. The molecule has 1 aromatic heterocycles. The Kier molecular flexibility index (Phi) is 5.91. The lowest BCUT2D eigenvalue weighted by Gasteiger charge is -2.36. The van der Waals surface area contributed by atoms with E-state index >= 15 is 0 Å². The Hall–Kier alpha value is -3.90. The maximum Gasteiger partial charge on any atom is 0.331 e. The number of carbonyl (C=O) groups is 1. The fraction of sp³-hybridized carbons (Fsp3) is 0.185. The van der Waals surface area contributed by atoms with Gasteiger partial charge in [0.15, 0.2) is 0 Å². The van der Waals surface area contributed by atoms with Crippen LogP contribution in [0.4, 0.5) is 0 Å². The summed E-state index contributed by atoms with van der Waals surface area (Å²) in [6.45, 7) is 2.02. The van der Waals surface area contributed by atoms with Crippen molar-refractivity contribution in [3.63, 3.8) is 0 Å². The monoisotopic (exact) mass is 438 g/mol. The van der Waals surface area contributed by atoms with E-state index in [9.17, 15) is 9.59 Å². The fourth-order valence-corrected chi connectivity index (χ4v) is 4.52. The predicted molar refractivity (Wildman–Crippen MR) is 130 cm³/mol. The molecule has 0 bridgehead atoms. The van der Waals surface area contributed by atoms with Crippen LogP contribution < -0.4 is 11.0 Å². The van der Waals surface area contributed by atoms with Crippen molar-refractivity contribution in [3.8, 4) is 16.9 Å². The minimum Gasteiger partial charge on any atom is -0.331 e. The number of H-pyrrole nitrogens is 1. The van der Waals surface area contributed by atoms with Gasteiger partial charge in [-0.15, -0.1) is 0 Å². The second-order valence-electron chi connectivity index (χ2n) is 8.24. The van der Waals surface area contributed by atoms with Crippen LogP contribution in [-0.2, 0) is 6.42 Å². The molecule has 166 valence electrons. The lowest BCUT2D eigenvalue weighted by molar-refractivity contribution is 0.0631. The van der Waals surface area contributed by atoms with Gasteiger partial charge in [0, 0.05) is 31.2 Å². The molecule has 5 rings (SSSR count). The third kappa shape index (κ3) is 4.25. The standard InChI is InChI=1S/C27H26N4O2/c32-26(30-17-16-28-19-23(30)18-20-10-4-1-5-11-20)24-25(21-12-6-2-7-13-21)31(27(33)29-24)22-14-8-3-9-15-22/h1-15,23,28H,16-19H2,(H,29,33)/t23-/m1/s1. The molecule has 6 heteroatoms. The molecule has 1 atom stereocenters. The summed E-state index contributed by atoms with van der Waals surface area (Å²) in [5.41, 5.74) is 3.32. The number of piperazine rings is 1. The van der Waals surface area contributed by atoms with Crippen molar-refractivity contribution < 1.29 is 4.79 Å². The van der Waals surface area contributed by atoms with E-state index < -0.39 is 0 Å². The number of hydrogen-bond acceptors (Lipinski definition) is 3. The number of aromatic nitrogens is 2. The second-order valence-corrected chi connectivity index (χ2v) is 8.24. The molecule has 1 saturated heterocycles. The molecule has 4 aromatic rings. The molecule has 0 spiro atoms. The minimum atomic E-state index is -0.321. The topological polar surface area (TPSA) is 70.1 Å². The zero-order valence-electron chi connectivity index (χ0n) is 18.3. The summed E-state index contributed by atoms with van der Waals surface area (Å²) in [7, 11) is 0. The van der Waals surface area contributed by atoms with Crippen LogP contribution in [-0.4, -0.2) is 46.0 Å². The van der Waals surface area contributed by atoms with E-state index in [4.69, 9.17) is 0 Å². The van der Waals surface area contributed by atoms with Crippen LogP contribution in [0.3, 0.4) is 0 Å². The molecule has 0 aliphatic carbocycles. The van der Waals surface area contributed by atoms with E-state index in [2.05, 4.69) is 22.4 Å². The summed E-state index contributed by atoms with van der Waals surface area (Å²) in [4.78, 5) is 31.8. The Morgan fingerprint density at radius 1 is 0.879 bits per heavy atom. The Morgan fingerprint density at radius 2 is 1.52 bits per heavy atom. The van der Waals surface area contributed by atoms with E-state index in [0.29, 0.717) is 24.5 Å². The number of amides is 1. The number of nitrogens with one attached hydrogen (secondary N) is 2. The number of benzene rings is 3. The van der Waals surface area contributed by atoms with Crippen LogP contribution in [0.5, 0.6) is 0 Å². The molecule has 1 fully saturated rings. The lowest BCUT2D eigenvalue weighted by atomic mass is 10.0. The molecule has 33 heavy (non-hydrogen) atoms. The van der Waals surface area contributed by atoms with Crippen molar-refractivity contribution >= 4 is 5.91 Å². The molecule has 2 heterocycles. The van der Waals surface area contributed by atoms with Crippen LogP contribution >= 0.6 is 0 Å². The van der Waals surface area contributed by atoms with Gasteiger partial charge in [-0.25, -0.2) is 4.79 Å². The number of para-hydroxylation sites is 1. The van der Waals surface area contributed by atoms with Gasteiger partial charge in [0.1, 0.15) is 5.69 Å². The van der Waals surface area contributed by atoms with Gasteiger partial charge in [-0.1, -0.05) is 78.9 Å². The first kappa shape index (κ1) is 21.0.